The number of rotatable bonds is 6. The lowest BCUT2D eigenvalue weighted by Crippen LogP contribution is -2.21. The number of nitrogens with one attached hydrogen (secondary N) is 1. The quantitative estimate of drug-likeness (QED) is 0.875. The molecule has 0 atom stereocenters. The Labute approximate surface area is 130 Å². The van der Waals surface area contributed by atoms with Crippen molar-refractivity contribution in [2.75, 3.05) is 0 Å². The molecule has 2 rings (SSSR count). The summed E-state index contributed by atoms with van der Waals surface area (Å²) in [7, 11) is 0. The maximum atomic E-state index is 6.14. The Bertz CT molecular complexity index is 585. The fourth-order valence-corrected chi connectivity index (χ4v) is 2.07. The summed E-state index contributed by atoms with van der Waals surface area (Å²) in [5.41, 5.74) is 2.89. The van der Waals surface area contributed by atoms with Crippen molar-refractivity contribution in [2.24, 2.45) is 0 Å². The molecule has 0 unspecified atom stereocenters. The molecule has 1 aromatic heterocycles. The van der Waals surface area contributed by atoms with Crippen LogP contribution in [-0.4, -0.2) is 11.2 Å². The summed E-state index contributed by atoms with van der Waals surface area (Å²) in [6.45, 7) is 9.17. The molecule has 4 nitrogen and oxygen atoms in total. The Balaban J connectivity index is 1.94. The van der Waals surface area contributed by atoms with Crippen LogP contribution in [0.1, 0.15) is 36.4 Å². The highest BCUT2D eigenvalue weighted by Gasteiger charge is 2.07. The van der Waals surface area contributed by atoms with Crippen LogP contribution in [0.5, 0.6) is 5.75 Å². The van der Waals surface area contributed by atoms with Crippen molar-refractivity contribution in [2.45, 2.75) is 46.9 Å². The van der Waals surface area contributed by atoms with Crippen molar-refractivity contribution in [3.05, 3.63) is 45.8 Å². The number of halogens is 1. The number of benzene rings is 1. The van der Waals surface area contributed by atoms with Gasteiger partial charge in [-0.1, -0.05) is 30.6 Å². The average molecular weight is 309 g/mol. The number of aryl methyl sites for hydroxylation is 2. The molecule has 2 aromatic rings. The standard InChI is InChI=1S/C16H21ClN2O2/c1-10(2)18-8-13-7-15(21-19-13)9-20-14-5-11(3)16(17)12(4)6-14/h5-7,10,18H,8-9H2,1-4H3. The Morgan fingerprint density at radius 1 is 1.24 bits per heavy atom. The summed E-state index contributed by atoms with van der Waals surface area (Å²) in [5, 5.41) is 8.08. The number of aromatic nitrogens is 1. The number of nitrogens with zero attached hydrogens (tertiary/aromatic N) is 1. The first-order chi connectivity index (χ1) is 9.95. The van der Waals surface area contributed by atoms with Crippen molar-refractivity contribution in [3.63, 3.8) is 0 Å². The van der Waals surface area contributed by atoms with Crippen molar-refractivity contribution in [3.8, 4) is 5.75 Å². The molecular weight excluding hydrogens is 288 g/mol. The molecule has 0 aliphatic heterocycles. The van der Waals surface area contributed by atoms with Crippen LogP contribution in [0.4, 0.5) is 0 Å². The Morgan fingerprint density at radius 3 is 2.52 bits per heavy atom. The fourth-order valence-electron chi connectivity index (χ4n) is 1.96. The van der Waals surface area contributed by atoms with Crippen LogP contribution >= 0.6 is 11.6 Å². The molecule has 114 valence electrons. The van der Waals surface area contributed by atoms with Gasteiger partial charge < -0.3 is 14.6 Å². The van der Waals surface area contributed by atoms with E-state index in [1.54, 1.807) is 0 Å². The second-order valence-corrected chi connectivity index (χ2v) is 5.86. The highest BCUT2D eigenvalue weighted by molar-refractivity contribution is 6.32. The van der Waals surface area contributed by atoms with Gasteiger partial charge in [0.2, 0.25) is 0 Å². The normalized spacial score (nSPS) is 11.1. The molecule has 1 N–H and O–H groups in total. The van der Waals surface area contributed by atoms with E-state index in [1.807, 2.05) is 32.0 Å². The number of ether oxygens (including phenoxy) is 1. The highest BCUT2D eigenvalue weighted by atomic mass is 35.5. The third-order valence-electron chi connectivity index (χ3n) is 3.09. The largest absolute Gasteiger partial charge is 0.486 e. The van der Waals surface area contributed by atoms with Crippen molar-refractivity contribution >= 4 is 11.6 Å². The topological polar surface area (TPSA) is 47.3 Å². The Morgan fingerprint density at radius 2 is 1.90 bits per heavy atom. The summed E-state index contributed by atoms with van der Waals surface area (Å²) < 4.78 is 11.0. The van der Waals surface area contributed by atoms with E-state index in [0.717, 1.165) is 27.6 Å². The molecule has 0 bridgehead atoms. The molecular formula is C16H21ClN2O2. The molecule has 0 aliphatic carbocycles. The third kappa shape index (κ3) is 4.48. The SMILES string of the molecule is Cc1cc(OCc2cc(CNC(C)C)no2)cc(C)c1Cl. The van der Waals surface area contributed by atoms with Crippen molar-refractivity contribution < 1.29 is 9.26 Å². The van der Waals surface area contributed by atoms with Gasteiger partial charge in [0.05, 0.1) is 5.69 Å². The van der Waals surface area contributed by atoms with Crippen LogP contribution in [0, 0.1) is 13.8 Å². The van der Waals surface area contributed by atoms with Gasteiger partial charge in [-0.05, 0) is 37.1 Å². The first-order valence-corrected chi connectivity index (χ1v) is 7.41. The van der Waals surface area contributed by atoms with Gasteiger partial charge in [-0.25, -0.2) is 0 Å². The molecule has 5 heteroatoms. The summed E-state index contributed by atoms with van der Waals surface area (Å²) in [6, 6.07) is 6.17. The minimum Gasteiger partial charge on any atom is -0.486 e. The molecule has 0 aliphatic rings. The molecule has 1 heterocycles. The van der Waals surface area contributed by atoms with Crippen LogP contribution in [0.3, 0.4) is 0 Å². The molecule has 1 aromatic carbocycles. The summed E-state index contributed by atoms with van der Waals surface area (Å²) >= 11 is 6.14. The van der Waals surface area contributed by atoms with E-state index in [4.69, 9.17) is 20.9 Å². The summed E-state index contributed by atoms with van der Waals surface area (Å²) in [6.07, 6.45) is 0. The van der Waals surface area contributed by atoms with E-state index in [-0.39, 0.29) is 0 Å². The summed E-state index contributed by atoms with van der Waals surface area (Å²) in [4.78, 5) is 0. The van der Waals surface area contributed by atoms with E-state index in [2.05, 4.69) is 24.3 Å². The molecule has 0 fully saturated rings. The second kappa shape index (κ2) is 6.96. The van der Waals surface area contributed by atoms with Gasteiger partial charge in [0, 0.05) is 23.7 Å². The fraction of sp³-hybridized carbons (Fsp3) is 0.438. The van der Waals surface area contributed by atoms with E-state index < -0.39 is 0 Å². The van der Waals surface area contributed by atoms with Gasteiger partial charge in [-0.15, -0.1) is 0 Å². The minimum atomic E-state index is 0.356. The van der Waals surface area contributed by atoms with Gasteiger partial charge in [-0.2, -0.15) is 0 Å². The average Bonchev–Trinajstić information content (AvgIpc) is 2.88. The Hall–Kier alpha value is -1.52. The zero-order valence-electron chi connectivity index (χ0n) is 12.9. The maximum Gasteiger partial charge on any atom is 0.174 e. The van der Waals surface area contributed by atoms with Gasteiger partial charge in [0.15, 0.2) is 5.76 Å². The highest BCUT2D eigenvalue weighted by Crippen LogP contribution is 2.26. The second-order valence-electron chi connectivity index (χ2n) is 5.48. The molecule has 0 amide bonds. The monoisotopic (exact) mass is 308 g/mol. The first-order valence-electron chi connectivity index (χ1n) is 7.03. The van der Waals surface area contributed by atoms with Crippen LogP contribution in [0.2, 0.25) is 5.02 Å². The van der Waals surface area contributed by atoms with E-state index in [0.29, 0.717) is 25.0 Å². The lowest BCUT2D eigenvalue weighted by Gasteiger charge is -2.08. The number of hydrogen-bond acceptors (Lipinski definition) is 4. The lowest BCUT2D eigenvalue weighted by molar-refractivity contribution is 0.248. The predicted molar refractivity (Wildman–Crippen MR) is 83.7 cm³/mol. The smallest absolute Gasteiger partial charge is 0.174 e. The first kappa shape index (κ1) is 15.9. The Kier molecular flexibility index (Phi) is 5.26. The number of hydrogen-bond donors (Lipinski definition) is 1. The predicted octanol–water partition coefficient (Wildman–Crippen LogP) is 4.02. The third-order valence-corrected chi connectivity index (χ3v) is 3.69. The molecule has 0 saturated heterocycles. The molecule has 0 spiro atoms. The van der Waals surface area contributed by atoms with Gasteiger partial charge in [0.1, 0.15) is 12.4 Å². The minimum absolute atomic E-state index is 0.356. The van der Waals surface area contributed by atoms with Crippen LogP contribution in [0.15, 0.2) is 22.7 Å². The molecule has 0 radical (unpaired) electrons. The lowest BCUT2D eigenvalue weighted by atomic mass is 10.1. The van der Waals surface area contributed by atoms with E-state index in [9.17, 15) is 0 Å². The molecule has 21 heavy (non-hydrogen) atoms. The van der Waals surface area contributed by atoms with Crippen molar-refractivity contribution in [1.29, 1.82) is 0 Å². The van der Waals surface area contributed by atoms with Crippen LogP contribution < -0.4 is 10.1 Å². The van der Waals surface area contributed by atoms with E-state index >= 15 is 0 Å². The zero-order chi connectivity index (χ0) is 15.4. The van der Waals surface area contributed by atoms with Crippen molar-refractivity contribution in [1.82, 2.24) is 10.5 Å². The maximum absolute atomic E-state index is 6.14. The van der Waals surface area contributed by atoms with E-state index in [1.165, 1.54) is 0 Å². The van der Waals surface area contributed by atoms with Gasteiger partial charge >= 0.3 is 0 Å². The molecule has 0 saturated carbocycles. The van der Waals surface area contributed by atoms with Crippen LogP contribution in [0.25, 0.3) is 0 Å². The zero-order valence-corrected chi connectivity index (χ0v) is 13.6. The van der Waals surface area contributed by atoms with Gasteiger partial charge in [-0.3, -0.25) is 0 Å². The summed E-state index contributed by atoms with van der Waals surface area (Å²) in [5.74, 6) is 1.49. The van der Waals surface area contributed by atoms with Gasteiger partial charge in [0.25, 0.3) is 0 Å². The van der Waals surface area contributed by atoms with Crippen LogP contribution in [-0.2, 0) is 13.2 Å².